The van der Waals surface area contributed by atoms with E-state index in [4.69, 9.17) is 16.6 Å². The van der Waals surface area contributed by atoms with E-state index in [1.54, 1.807) is 0 Å². The van der Waals surface area contributed by atoms with Gasteiger partial charge in [-0.15, -0.1) is 0 Å². The molecule has 0 spiro atoms. The highest BCUT2D eigenvalue weighted by Crippen LogP contribution is 2.14. The summed E-state index contributed by atoms with van der Waals surface area (Å²) in [7, 11) is 3.99. The number of nitrogens with zero attached hydrogens (tertiary/aromatic N) is 4. The molecular formula is C22H32ClN5O. The molecule has 0 aliphatic heterocycles. The number of benzene rings is 1. The fourth-order valence-corrected chi connectivity index (χ4v) is 3.40. The van der Waals surface area contributed by atoms with E-state index in [1.807, 2.05) is 73.9 Å². The minimum atomic E-state index is 0.0688. The normalized spacial score (nSPS) is 11.4. The number of carbonyl (C=O) groups excluding carboxylic acids is 1. The van der Waals surface area contributed by atoms with Crippen molar-refractivity contribution in [2.24, 2.45) is 12.0 Å². The van der Waals surface area contributed by atoms with Gasteiger partial charge in [0.25, 0.3) is 5.91 Å². The van der Waals surface area contributed by atoms with Gasteiger partial charge in [0.15, 0.2) is 5.96 Å². The minimum Gasteiger partial charge on any atom is -0.357 e. The second-order valence-electron chi connectivity index (χ2n) is 6.96. The second-order valence-corrected chi connectivity index (χ2v) is 7.40. The molecule has 0 bridgehead atoms. The van der Waals surface area contributed by atoms with Crippen LogP contribution in [0.15, 0.2) is 41.5 Å². The number of nitrogens with one attached hydrogen (secondary N) is 1. The molecule has 29 heavy (non-hydrogen) atoms. The lowest BCUT2D eigenvalue weighted by Crippen LogP contribution is -2.38. The number of amides is 1. The van der Waals surface area contributed by atoms with Gasteiger partial charge >= 0.3 is 0 Å². The number of halogens is 1. The Bertz CT molecular complexity index is 824. The molecule has 2 aromatic rings. The highest BCUT2D eigenvalue weighted by molar-refractivity contribution is 6.30. The van der Waals surface area contributed by atoms with Crippen LogP contribution in [0.4, 0.5) is 0 Å². The Hall–Kier alpha value is -2.47. The standard InChI is InChI=1S/C22H32ClN5O/c1-6-24-22(27(5)16-20-13-19(23)15-26(20)4)25-14-17-9-11-18(12-10-17)21(29)28(7-2)8-3/h9-13,15H,6-8,14,16H2,1-5H3,(H,24,25). The number of rotatable bonds is 8. The molecule has 6 nitrogen and oxygen atoms in total. The Kier molecular flexibility index (Phi) is 8.58. The topological polar surface area (TPSA) is 52.9 Å². The van der Waals surface area contributed by atoms with Gasteiger partial charge < -0.3 is 19.7 Å². The van der Waals surface area contributed by atoms with E-state index in [1.165, 1.54) is 0 Å². The van der Waals surface area contributed by atoms with Crippen LogP contribution in [0.3, 0.4) is 0 Å². The van der Waals surface area contributed by atoms with Crippen molar-refractivity contribution in [3.63, 3.8) is 0 Å². The number of carbonyl (C=O) groups is 1. The van der Waals surface area contributed by atoms with Crippen LogP contribution >= 0.6 is 11.6 Å². The molecule has 1 aromatic carbocycles. The first-order chi connectivity index (χ1) is 13.9. The third kappa shape index (κ3) is 6.26. The number of aromatic nitrogens is 1. The molecule has 0 unspecified atom stereocenters. The Balaban J connectivity index is 2.07. The Morgan fingerprint density at radius 1 is 1.17 bits per heavy atom. The van der Waals surface area contributed by atoms with Crippen molar-refractivity contribution >= 4 is 23.5 Å². The SMILES string of the molecule is CCNC(=NCc1ccc(C(=O)N(CC)CC)cc1)N(C)Cc1cc(Cl)cn1C. The van der Waals surface area contributed by atoms with Crippen LogP contribution in [0.5, 0.6) is 0 Å². The van der Waals surface area contributed by atoms with Crippen molar-refractivity contribution in [3.8, 4) is 0 Å². The fourth-order valence-electron chi connectivity index (χ4n) is 3.12. The summed E-state index contributed by atoms with van der Waals surface area (Å²) in [4.78, 5) is 21.1. The monoisotopic (exact) mass is 417 g/mol. The molecule has 7 heteroatoms. The quantitative estimate of drug-likeness (QED) is 0.525. The van der Waals surface area contributed by atoms with Gasteiger partial charge in [-0.05, 0) is 44.5 Å². The average molecular weight is 418 g/mol. The average Bonchev–Trinajstić information content (AvgIpc) is 3.03. The van der Waals surface area contributed by atoms with Gasteiger partial charge in [0.2, 0.25) is 0 Å². The van der Waals surface area contributed by atoms with Crippen LogP contribution < -0.4 is 5.32 Å². The van der Waals surface area contributed by atoms with E-state index >= 15 is 0 Å². The Labute approximate surface area is 179 Å². The maximum absolute atomic E-state index is 12.4. The lowest BCUT2D eigenvalue weighted by atomic mass is 10.1. The van der Waals surface area contributed by atoms with E-state index in [0.717, 1.165) is 28.8 Å². The lowest BCUT2D eigenvalue weighted by Gasteiger charge is -2.22. The Morgan fingerprint density at radius 2 is 1.83 bits per heavy atom. The van der Waals surface area contributed by atoms with Gasteiger partial charge in [-0.25, -0.2) is 4.99 Å². The molecule has 158 valence electrons. The molecule has 0 fully saturated rings. The molecule has 2 rings (SSSR count). The van der Waals surface area contributed by atoms with Gasteiger partial charge in [-0.2, -0.15) is 0 Å². The van der Waals surface area contributed by atoms with E-state index in [-0.39, 0.29) is 5.91 Å². The third-order valence-corrected chi connectivity index (χ3v) is 5.04. The van der Waals surface area contributed by atoms with Crippen molar-refractivity contribution in [1.29, 1.82) is 0 Å². The molecule has 1 N–H and O–H groups in total. The summed E-state index contributed by atoms with van der Waals surface area (Å²) >= 11 is 6.09. The van der Waals surface area contributed by atoms with Crippen molar-refractivity contribution in [3.05, 3.63) is 58.4 Å². The number of aliphatic imine (C=N–C) groups is 1. The number of hydrogen-bond donors (Lipinski definition) is 1. The molecule has 0 aliphatic rings. The maximum atomic E-state index is 12.4. The van der Waals surface area contributed by atoms with Crippen LogP contribution in [-0.2, 0) is 20.1 Å². The summed E-state index contributed by atoms with van der Waals surface area (Å²) in [6.07, 6.45) is 1.90. The molecule has 1 aromatic heterocycles. The number of hydrogen-bond acceptors (Lipinski definition) is 2. The van der Waals surface area contributed by atoms with Crippen LogP contribution in [-0.4, -0.2) is 52.9 Å². The van der Waals surface area contributed by atoms with Crippen LogP contribution in [0.2, 0.25) is 5.02 Å². The summed E-state index contributed by atoms with van der Waals surface area (Å²) in [6.45, 7) is 9.49. The summed E-state index contributed by atoms with van der Waals surface area (Å²) in [6, 6.07) is 9.68. The molecule has 0 saturated carbocycles. The molecule has 0 saturated heterocycles. The Morgan fingerprint density at radius 3 is 2.34 bits per heavy atom. The zero-order chi connectivity index (χ0) is 21.4. The maximum Gasteiger partial charge on any atom is 0.253 e. The summed E-state index contributed by atoms with van der Waals surface area (Å²) < 4.78 is 2.02. The van der Waals surface area contributed by atoms with Crippen molar-refractivity contribution in [2.45, 2.75) is 33.9 Å². The zero-order valence-corrected chi connectivity index (χ0v) is 18.8. The lowest BCUT2D eigenvalue weighted by molar-refractivity contribution is 0.0773. The zero-order valence-electron chi connectivity index (χ0n) is 18.1. The summed E-state index contributed by atoms with van der Waals surface area (Å²) in [5, 5.41) is 4.07. The van der Waals surface area contributed by atoms with Gasteiger partial charge in [0, 0.05) is 51.2 Å². The molecule has 0 radical (unpaired) electrons. The van der Waals surface area contributed by atoms with E-state index < -0.39 is 0 Å². The number of guanidine groups is 1. The van der Waals surface area contributed by atoms with E-state index in [2.05, 4.69) is 17.1 Å². The van der Waals surface area contributed by atoms with Gasteiger partial charge in [-0.1, -0.05) is 23.7 Å². The van der Waals surface area contributed by atoms with Crippen molar-refractivity contribution in [1.82, 2.24) is 19.7 Å². The summed E-state index contributed by atoms with van der Waals surface area (Å²) in [5.41, 5.74) is 2.89. The third-order valence-electron chi connectivity index (χ3n) is 4.83. The van der Waals surface area contributed by atoms with Crippen molar-refractivity contribution < 1.29 is 4.79 Å². The van der Waals surface area contributed by atoms with E-state index in [9.17, 15) is 4.79 Å². The van der Waals surface area contributed by atoms with Crippen LogP contribution in [0, 0.1) is 0 Å². The highest BCUT2D eigenvalue weighted by Gasteiger charge is 2.12. The molecule has 0 atom stereocenters. The van der Waals surface area contributed by atoms with Gasteiger partial charge in [0.05, 0.1) is 18.1 Å². The molecule has 0 aliphatic carbocycles. The van der Waals surface area contributed by atoms with Crippen molar-refractivity contribution in [2.75, 3.05) is 26.7 Å². The predicted molar refractivity (Wildman–Crippen MR) is 120 cm³/mol. The molecule has 1 amide bonds. The predicted octanol–water partition coefficient (Wildman–Crippen LogP) is 3.76. The van der Waals surface area contributed by atoms with Crippen LogP contribution in [0.25, 0.3) is 0 Å². The molecule has 1 heterocycles. The van der Waals surface area contributed by atoms with Gasteiger partial charge in [-0.3, -0.25) is 4.79 Å². The first-order valence-electron chi connectivity index (χ1n) is 10.1. The van der Waals surface area contributed by atoms with E-state index in [0.29, 0.717) is 31.7 Å². The summed E-state index contributed by atoms with van der Waals surface area (Å²) in [5.74, 6) is 0.896. The highest BCUT2D eigenvalue weighted by atomic mass is 35.5. The smallest absolute Gasteiger partial charge is 0.253 e. The first kappa shape index (κ1) is 22.8. The van der Waals surface area contributed by atoms with Gasteiger partial charge in [0.1, 0.15) is 0 Å². The minimum absolute atomic E-state index is 0.0688. The largest absolute Gasteiger partial charge is 0.357 e. The molecular weight excluding hydrogens is 386 g/mol. The van der Waals surface area contributed by atoms with Crippen LogP contribution in [0.1, 0.15) is 42.4 Å². The fraction of sp³-hybridized carbons (Fsp3) is 0.455. The number of aryl methyl sites for hydroxylation is 1. The first-order valence-corrected chi connectivity index (χ1v) is 10.5. The second kappa shape index (κ2) is 10.9.